The van der Waals surface area contributed by atoms with Gasteiger partial charge in [0.05, 0.1) is 24.2 Å². The second-order valence-electron chi connectivity index (χ2n) is 8.45. The van der Waals surface area contributed by atoms with Gasteiger partial charge in [0.25, 0.3) is 11.8 Å². The van der Waals surface area contributed by atoms with Gasteiger partial charge in [0.15, 0.2) is 18.1 Å². The molecule has 2 amide bonds. The van der Waals surface area contributed by atoms with E-state index in [2.05, 4.69) is 12.2 Å². The summed E-state index contributed by atoms with van der Waals surface area (Å²) in [6.45, 7) is 5.45. The first kappa shape index (κ1) is 26.2. The average Bonchev–Trinajstić information content (AvgIpc) is 3.48. The third-order valence-electron chi connectivity index (χ3n) is 5.85. The van der Waals surface area contributed by atoms with Crippen LogP contribution in [0.5, 0.6) is 11.5 Å². The van der Waals surface area contributed by atoms with Crippen LogP contribution in [0.15, 0.2) is 47.4 Å². The van der Waals surface area contributed by atoms with E-state index < -0.39 is 0 Å². The molecule has 2 fully saturated rings. The molecular weight excluding hydrogens is 496 g/mol. The van der Waals surface area contributed by atoms with Crippen molar-refractivity contribution in [3.05, 3.63) is 58.5 Å². The van der Waals surface area contributed by atoms with E-state index in [0.717, 1.165) is 37.1 Å². The lowest BCUT2D eigenvalue weighted by atomic mass is 10.1. The number of carbonyl (C=O) groups excluding carboxylic acids is 2. The highest BCUT2D eigenvalue weighted by Crippen LogP contribution is 2.35. The quantitative estimate of drug-likeness (QED) is 0.343. The fraction of sp³-hybridized carbons (Fsp3) is 0.370. The Kier molecular flexibility index (Phi) is 9.01. The van der Waals surface area contributed by atoms with Crippen LogP contribution in [0.2, 0.25) is 0 Å². The van der Waals surface area contributed by atoms with Gasteiger partial charge >= 0.3 is 0 Å². The lowest BCUT2D eigenvalue weighted by Crippen LogP contribution is -2.35. The SMILES string of the molecule is CCOc1cc(/C=C2\SC(=S)N(C[C@H]3CCCO3)C2=O)ccc1OCC(=O)Nc1ccc(CC)cc1. The summed E-state index contributed by atoms with van der Waals surface area (Å²) >= 11 is 6.73. The topological polar surface area (TPSA) is 77.1 Å². The van der Waals surface area contributed by atoms with Gasteiger partial charge in [-0.15, -0.1) is 0 Å². The molecule has 7 nitrogen and oxygen atoms in total. The highest BCUT2D eigenvalue weighted by atomic mass is 32.2. The molecule has 0 saturated carbocycles. The zero-order chi connectivity index (χ0) is 25.5. The number of hydrogen-bond donors (Lipinski definition) is 1. The summed E-state index contributed by atoms with van der Waals surface area (Å²) in [7, 11) is 0. The third-order valence-corrected chi connectivity index (χ3v) is 7.23. The number of carbonyl (C=O) groups is 2. The van der Waals surface area contributed by atoms with E-state index in [4.69, 9.17) is 26.4 Å². The first-order valence-corrected chi connectivity index (χ1v) is 13.3. The minimum Gasteiger partial charge on any atom is -0.490 e. The molecule has 2 aliphatic heterocycles. The second kappa shape index (κ2) is 12.4. The zero-order valence-electron chi connectivity index (χ0n) is 20.5. The summed E-state index contributed by atoms with van der Waals surface area (Å²) in [5.74, 6) is 0.584. The van der Waals surface area contributed by atoms with Gasteiger partial charge in [0, 0.05) is 12.3 Å². The maximum absolute atomic E-state index is 12.9. The first-order valence-electron chi connectivity index (χ1n) is 12.1. The molecule has 0 bridgehead atoms. The lowest BCUT2D eigenvalue weighted by molar-refractivity contribution is -0.123. The van der Waals surface area contributed by atoms with Crippen LogP contribution < -0.4 is 14.8 Å². The highest BCUT2D eigenvalue weighted by molar-refractivity contribution is 8.26. The molecule has 0 aliphatic carbocycles. The fourth-order valence-electron chi connectivity index (χ4n) is 3.97. The van der Waals surface area contributed by atoms with Crippen molar-refractivity contribution in [2.45, 2.75) is 39.2 Å². The van der Waals surface area contributed by atoms with Crippen LogP contribution in [-0.2, 0) is 20.7 Å². The van der Waals surface area contributed by atoms with E-state index in [1.165, 1.54) is 17.3 Å². The third kappa shape index (κ3) is 6.66. The number of thiocarbonyl (C=S) groups is 1. The number of ether oxygens (including phenoxy) is 3. The minimum absolute atomic E-state index is 0.0424. The van der Waals surface area contributed by atoms with Gasteiger partial charge in [0.1, 0.15) is 4.32 Å². The standard InChI is InChI=1S/C27H30N2O5S2/c1-3-18-7-10-20(11-8-18)28-25(30)17-34-22-12-9-19(14-23(22)32-4-2)15-24-26(31)29(27(35)36-24)16-21-6-5-13-33-21/h7-12,14-15,21H,3-6,13,16-17H2,1-2H3,(H,28,30)/b24-15-/t21-/m1/s1. The Balaban J connectivity index is 1.40. The van der Waals surface area contributed by atoms with Crippen molar-refractivity contribution >= 4 is 51.9 Å². The molecule has 190 valence electrons. The van der Waals surface area contributed by atoms with Crippen LogP contribution in [-0.4, -0.2) is 53.5 Å². The Hall–Kier alpha value is -2.88. The van der Waals surface area contributed by atoms with Crippen LogP contribution in [0.1, 0.15) is 37.8 Å². The van der Waals surface area contributed by atoms with Gasteiger partial charge < -0.3 is 19.5 Å². The van der Waals surface area contributed by atoms with E-state index in [0.29, 0.717) is 33.9 Å². The molecule has 2 heterocycles. The zero-order valence-corrected chi connectivity index (χ0v) is 22.1. The molecule has 1 N–H and O–H groups in total. The maximum atomic E-state index is 12.9. The number of thioether (sulfide) groups is 1. The first-order chi connectivity index (χ1) is 17.5. The van der Waals surface area contributed by atoms with Gasteiger partial charge in [-0.05, 0) is 67.7 Å². The molecule has 4 rings (SSSR count). The van der Waals surface area contributed by atoms with Gasteiger partial charge in [-0.25, -0.2) is 0 Å². The number of hydrogen-bond acceptors (Lipinski definition) is 7. The number of aryl methyl sites for hydroxylation is 1. The molecule has 2 saturated heterocycles. The van der Waals surface area contributed by atoms with E-state index in [-0.39, 0.29) is 24.5 Å². The predicted octanol–water partition coefficient (Wildman–Crippen LogP) is 5.05. The highest BCUT2D eigenvalue weighted by Gasteiger charge is 2.34. The average molecular weight is 527 g/mol. The molecule has 36 heavy (non-hydrogen) atoms. The van der Waals surface area contributed by atoms with Crippen LogP contribution in [0.3, 0.4) is 0 Å². The van der Waals surface area contributed by atoms with Crippen LogP contribution in [0.25, 0.3) is 6.08 Å². The van der Waals surface area contributed by atoms with Crippen molar-refractivity contribution < 1.29 is 23.8 Å². The van der Waals surface area contributed by atoms with Gasteiger partial charge in [0.2, 0.25) is 0 Å². The monoisotopic (exact) mass is 526 g/mol. The summed E-state index contributed by atoms with van der Waals surface area (Å²) in [6.07, 6.45) is 4.74. The summed E-state index contributed by atoms with van der Waals surface area (Å²) in [5.41, 5.74) is 2.71. The van der Waals surface area contributed by atoms with E-state index >= 15 is 0 Å². The molecule has 0 radical (unpaired) electrons. The Morgan fingerprint density at radius 3 is 2.69 bits per heavy atom. The van der Waals surface area contributed by atoms with Crippen molar-refractivity contribution in [3.8, 4) is 11.5 Å². The molecule has 1 atom stereocenters. The van der Waals surface area contributed by atoms with Crippen LogP contribution in [0, 0.1) is 0 Å². The molecule has 0 aromatic heterocycles. The molecule has 0 spiro atoms. The number of amides is 2. The molecule has 2 aliphatic rings. The second-order valence-corrected chi connectivity index (χ2v) is 10.1. The molecular formula is C27H30N2O5S2. The Morgan fingerprint density at radius 2 is 2.00 bits per heavy atom. The van der Waals surface area contributed by atoms with Crippen molar-refractivity contribution in [2.75, 3.05) is 31.7 Å². The van der Waals surface area contributed by atoms with Gasteiger partial charge in [-0.3, -0.25) is 14.5 Å². The number of nitrogens with zero attached hydrogens (tertiary/aromatic N) is 1. The van der Waals surface area contributed by atoms with Crippen molar-refractivity contribution in [1.29, 1.82) is 0 Å². The minimum atomic E-state index is -0.263. The van der Waals surface area contributed by atoms with Crippen molar-refractivity contribution in [3.63, 3.8) is 0 Å². The number of rotatable bonds is 10. The Morgan fingerprint density at radius 1 is 1.19 bits per heavy atom. The molecule has 2 aromatic carbocycles. The Labute approximate surface area is 221 Å². The van der Waals surface area contributed by atoms with E-state index in [1.54, 1.807) is 23.1 Å². The number of anilines is 1. The largest absolute Gasteiger partial charge is 0.490 e. The van der Waals surface area contributed by atoms with Crippen LogP contribution in [0.4, 0.5) is 5.69 Å². The Bertz CT molecular complexity index is 1140. The normalized spacial score (nSPS) is 18.7. The predicted molar refractivity (Wildman–Crippen MR) is 146 cm³/mol. The summed E-state index contributed by atoms with van der Waals surface area (Å²) in [5, 5.41) is 2.83. The van der Waals surface area contributed by atoms with Gasteiger partial charge in [-0.2, -0.15) is 0 Å². The molecule has 0 unspecified atom stereocenters. The van der Waals surface area contributed by atoms with Crippen molar-refractivity contribution in [1.82, 2.24) is 4.90 Å². The fourth-order valence-corrected chi connectivity index (χ4v) is 5.24. The van der Waals surface area contributed by atoms with Crippen molar-refractivity contribution in [2.24, 2.45) is 0 Å². The smallest absolute Gasteiger partial charge is 0.266 e. The van der Waals surface area contributed by atoms with E-state index in [1.807, 2.05) is 37.3 Å². The summed E-state index contributed by atoms with van der Waals surface area (Å²) < 4.78 is 17.7. The maximum Gasteiger partial charge on any atom is 0.266 e. The van der Waals surface area contributed by atoms with E-state index in [9.17, 15) is 9.59 Å². The number of benzene rings is 2. The lowest BCUT2D eigenvalue weighted by Gasteiger charge is -2.18. The number of nitrogens with one attached hydrogen (secondary N) is 1. The summed E-state index contributed by atoms with van der Waals surface area (Å²) in [4.78, 5) is 27.5. The van der Waals surface area contributed by atoms with Crippen LogP contribution >= 0.6 is 24.0 Å². The summed E-state index contributed by atoms with van der Waals surface area (Å²) in [6, 6.07) is 13.1. The van der Waals surface area contributed by atoms with Gasteiger partial charge in [-0.1, -0.05) is 49.1 Å². The molecule has 9 heteroatoms. The molecule has 2 aromatic rings.